The number of aryl methyl sites for hydroxylation is 2. The summed E-state index contributed by atoms with van der Waals surface area (Å²) >= 11 is 7.00. The number of methoxy groups -OCH3 is 1. The van der Waals surface area contributed by atoms with Gasteiger partial charge < -0.3 is 18.9 Å². The van der Waals surface area contributed by atoms with Gasteiger partial charge in [-0.15, -0.1) is 18.0 Å². The topological polar surface area (TPSA) is 218 Å². The van der Waals surface area contributed by atoms with Crippen LogP contribution in [0.25, 0.3) is 0 Å². The van der Waals surface area contributed by atoms with Gasteiger partial charge in [-0.05, 0) is 61.4 Å². The summed E-state index contributed by atoms with van der Waals surface area (Å²) < 4.78 is 54.5. The minimum Gasteiger partial charge on any atom is -0.481 e. The molecule has 0 bridgehead atoms. The van der Waals surface area contributed by atoms with Crippen LogP contribution >= 0.6 is 23.1 Å². The van der Waals surface area contributed by atoms with Crippen molar-refractivity contribution >= 4 is 84.9 Å². The number of carbonyl (C=O) groups is 5. The quantitative estimate of drug-likeness (QED) is 0.0369. The number of sulfone groups is 1. The highest BCUT2D eigenvalue weighted by Gasteiger charge is 2.39. The Morgan fingerprint density at radius 2 is 1.87 bits per heavy atom. The summed E-state index contributed by atoms with van der Waals surface area (Å²) in [5, 5.41) is 11.1. The number of nitrogens with zero attached hydrogens (tertiary/aromatic N) is 6. The van der Waals surface area contributed by atoms with E-state index in [1.54, 1.807) is 12.0 Å². The summed E-state index contributed by atoms with van der Waals surface area (Å²) in [5.74, 6) is -0.801. The summed E-state index contributed by atoms with van der Waals surface area (Å²) in [6.45, 7) is 11.6. The van der Waals surface area contributed by atoms with Gasteiger partial charge in [0.25, 0.3) is 11.6 Å². The predicted molar refractivity (Wildman–Crippen MR) is 254 cm³/mol. The van der Waals surface area contributed by atoms with Crippen molar-refractivity contribution < 1.29 is 51.2 Å². The second-order valence-corrected chi connectivity index (χ2v) is 20.1. The molecular formula is C47H52ClFN6O11S2. The molecule has 1 unspecified atom stereocenters. The Morgan fingerprint density at radius 3 is 2.47 bits per heavy atom. The van der Waals surface area contributed by atoms with Gasteiger partial charge in [-0.1, -0.05) is 44.9 Å². The molecule has 21 heteroatoms. The lowest BCUT2D eigenvalue weighted by Gasteiger charge is -2.31. The van der Waals surface area contributed by atoms with Crippen molar-refractivity contribution in [2.45, 2.75) is 84.2 Å². The Bertz CT molecular complexity index is 2860. The number of benzene rings is 3. The number of anilines is 2. The van der Waals surface area contributed by atoms with Crippen LogP contribution in [-0.4, -0.2) is 96.5 Å². The number of nitro groups is 1. The number of alkyl halides is 1. The third kappa shape index (κ3) is 12.1. The minimum atomic E-state index is -3.70. The van der Waals surface area contributed by atoms with E-state index < -0.39 is 55.1 Å². The lowest BCUT2D eigenvalue weighted by molar-refractivity contribution is -0.385. The number of halogens is 2. The molecule has 2 amide bonds. The van der Waals surface area contributed by atoms with Crippen molar-refractivity contribution in [3.63, 3.8) is 0 Å². The van der Waals surface area contributed by atoms with E-state index in [2.05, 4.69) is 42.1 Å². The number of Topliss-reactive ketones (excluding diaryl/α,β-unsaturated/α-hetero) is 3. The molecule has 0 saturated heterocycles. The summed E-state index contributed by atoms with van der Waals surface area (Å²) in [4.78, 5) is 78.5. The second kappa shape index (κ2) is 22.3. The van der Waals surface area contributed by atoms with Crippen molar-refractivity contribution in [1.29, 1.82) is 0 Å². The predicted octanol–water partition coefficient (Wildman–Crippen LogP) is 6.54. The number of nitro benzene ring substituents is 1. The molecule has 362 valence electrons. The zero-order valence-electron chi connectivity index (χ0n) is 38.7. The Kier molecular flexibility index (Phi) is 17.3. The van der Waals surface area contributed by atoms with Gasteiger partial charge in [0.2, 0.25) is 10.7 Å². The molecular weight excluding hydrogens is 943 g/mol. The number of ketones is 3. The van der Waals surface area contributed by atoms with E-state index in [0.29, 0.717) is 29.3 Å². The Labute approximate surface area is 402 Å². The number of aromatic nitrogens is 2. The molecule has 1 fully saturated rings. The first-order valence-electron chi connectivity index (χ1n) is 21.4. The van der Waals surface area contributed by atoms with E-state index >= 15 is 0 Å². The molecule has 17 nitrogen and oxygen atoms in total. The molecule has 3 heterocycles. The first-order valence-corrected chi connectivity index (χ1v) is 24.6. The van der Waals surface area contributed by atoms with Crippen LogP contribution in [0.1, 0.15) is 74.3 Å². The van der Waals surface area contributed by atoms with Crippen LogP contribution in [0.4, 0.5) is 27.1 Å². The highest BCUT2D eigenvalue weighted by Crippen LogP contribution is 2.38. The molecule has 0 radical (unpaired) electrons. The maximum Gasteiger partial charge on any atom is 0.281 e. The van der Waals surface area contributed by atoms with Crippen molar-refractivity contribution in [3.8, 4) is 18.1 Å². The van der Waals surface area contributed by atoms with E-state index in [0.717, 1.165) is 66.5 Å². The van der Waals surface area contributed by atoms with Crippen molar-refractivity contribution in [2.24, 2.45) is 16.3 Å². The molecule has 1 saturated carbocycles. The first kappa shape index (κ1) is 52.8. The van der Waals surface area contributed by atoms with E-state index in [-0.39, 0.29) is 65.7 Å². The molecule has 0 spiro atoms. The van der Waals surface area contributed by atoms with Gasteiger partial charge in [0.05, 0.1) is 46.0 Å². The van der Waals surface area contributed by atoms with E-state index in [4.69, 9.17) is 27.5 Å². The highest BCUT2D eigenvalue weighted by molar-refractivity contribution is 7.90. The van der Waals surface area contributed by atoms with Crippen LogP contribution in [0.2, 0.25) is 0 Å². The van der Waals surface area contributed by atoms with Crippen LogP contribution in [0, 0.1) is 46.5 Å². The average Bonchev–Trinajstić information content (AvgIpc) is 3.79. The van der Waals surface area contributed by atoms with Crippen LogP contribution in [0.5, 0.6) is 5.75 Å². The number of hydrogen-bond acceptors (Lipinski definition) is 14. The molecule has 1 aliphatic carbocycles. The first-order chi connectivity index (χ1) is 32.1. The van der Waals surface area contributed by atoms with Gasteiger partial charge in [0.15, 0.2) is 39.6 Å². The summed E-state index contributed by atoms with van der Waals surface area (Å²) in [7, 11) is -2.06. The van der Waals surface area contributed by atoms with Gasteiger partial charge in [-0.3, -0.25) is 39.0 Å². The van der Waals surface area contributed by atoms with Crippen molar-refractivity contribution in [1.82, 2.24) is 8.94 Å². The number of fused-ring (bicyclic) bond motifs is 2. The summed E-state index contributed by atoms with van der Waals surface area (Å²) in [6, 6.07) is 11.6. The highest BCUT2D eigenvalue weighted by atomic mass is 35.5. The summed E-state index contributed by atoms with van der Waals surface area (Å²) in [6.07, 6.45) is 8.46. The molecule has 1 atom stereocenters. The Hall–Kier alpha value is -6.14. The number of terminal acetylenes is 1. The lowest BCUT2D eigenvalue weighted by atomic mass is 9.81. The normalized spacial score (nSPS) is 16.0. The monoisotopic (exact) mass is 994 g/mol. The van der Waals surface area contributed by atoms with E-state index in [1.165, 1.54) is 28.6 Å². The van der Waals surface area contributed by atoms with E-state index in [1.807, 2.05) is 30.5 Å². The number of hydrogen-bond donors (Lipinski definition) is 0. The summed E-state index contributed by atoms with van der Waals surface area (Å²) in [5.41, 5.74) is 2.72. The largest absolute Gasteiger partial charge is 0.481 e. The zero-order valence-corrected chi connectivity index (χ0v) is 41.1. The number of para-hydroxylation sites is 1. The number of ether oxygens (including phenoxy) is 2. The fourth-order valence-corrected chi connectivity index (χ4v) is 9.55. The smallest absolute Gasteiger partial charge is 0.281 e. The van der Waals surface area contributed by atoms with Gasteiger partial charge in [0, 0.05) is 62.8 Å². The maximum absolute atomic E-state index is 14.5. The SMILES string of the molecule is C#CCN1C(=O)COc2cc(F)c(N=c3snc4n3CC(C)(C)C4)cc21.CCc1cccc(C)c1N(C(=O)CCl)C(C)COC.CS(=O)(=O)c1ccc(C(=O)C2C(=O)CCCC2=O)c([N+](=O)[O-])c1. The molecule has 7 rings (SSSR count). The number of rotatable bonds is 12. The lowest BCUT2D eigenvalue weighted by Crippen LogP contribution is -2.43. The third-order valence-corrected chi connectivity index (χ3v) is 13.3. The second-order valence-electron chi connectivity index (χ2n) is 17.1. The van der Waals surface area contributed by atoms with E-state index in [9.17, 15) is 46.9 Å². The van der Waals surface area contributed by atoms with Gasteiger partial charge >= 0.3 is 0 Å². The number of carbonyl (C=O) groups excluding carboxylic acids is 5. The van der Waals surface area contributed by atoms with Crippen molar-refractivity contribution in [2.75, 3.05) is 48.8 Å². The van der Waals surface area contributed by atoms with Crippen LogP contribution in [0.15, 0.2) is 58.4 Å². The average molecular weight is 996 g/mol. The van der Waals surface area contributed by atoms with Crippen LogP contribution < -0.4 is 19.3 Å². The van der Waals surface area contributed by atoms with Crippen molar-refractivity contribution in [3.05, 3.63) is 91.8 Å². The molecule has 3 aromatic carbocycles. The molecule has 0 N–H and O–H groups in total. The molecule has 1 aromatic heterocycles. The minimum absolute atomic E-state index is 0.0223. The third-order valence-electron chi connectivity index (χ3n) is 11.2. The van der Waals surface area contributed by atoms with Gasteiger partial charge in [-0.25, -0.2) is 17.8 Å². The zero-order chi connectivity index (χ0) is 50.2. The molecule has 4 aromatic rings. The standard InChI is InChI=1S/C18H17FN4O2S.C15H22ClNO2.C14H13NO7S/c1-4-5-22-13-7-12(11(19)6-14(13)25-9-16(22)24)20-17-23-10-18(2,3)8-15(23)21-26-17;1-5-13-8-6-7-11(2)15(13)17(14(18)9-16)12(3)10-19-4;1-23(21,22)8-5-6-9(10(7-8)15(19)20)14(18)13-11(16)3-2-4-12(13)17/h1,6-7H,5,8-10H2,2-3H3;6-8,12H,5,9-10H2,1-4H3;5-7,13H,2-4H2,1H3. The fourth-order valence-electron chi connectivity index (χ4n) is 8.02. The molecule has 2 aliphatic heterocycles. The Morgan fingerprint density at radius 1 is 1.18 bits per heavy atom. The fraction of sp³-hybridized carbons (Fsp3) is 0.426. The van der Waals surface area contributed by atoms with Crippen LogP contribution in [-0.2, 0) is 53.1 Å². The maximum atomic E-state index is 14.5. The molecule has 3 aliphatic rings. The molecule has 68 heavy (non-hydrogen) atoms. The van der Waals surface area contributed by atoms with Gasteiger partial charge in [0.1, 0.15) is 29.1 Å². The van der Waals surface area contributed by atoms with Gasteiger partial charge in [-0.2, -0.15) is 4.37 Å². The van der Waals surface area contributed by atoms with Crippen LogP contribution in [0.3, 0.4) is 0 Å². The Balaban J connectivity index is 0.000000193. The number of amides is 2.